The van der Waals surface area contributed by atoms with Crippen LogP contribution in [0.15, 0.2) is 29.8 Å². The van der Waals surface area contributed by atoms with Crippen molar-refractivity contribution in [3.8, 4) is 11.5 Å². The van der Waals surface area contributed by atoms with E-state index in [1.165, 1.54) is 28.1 Å². The van der Waals surface area contributed by atoms with Gasteiger partial charge in [0.1, 0.15) is 11.5 Å². The summed E-state index contributed by atoms with van der Waals surface area (Å²) >= 11 is 0. The van der Waals surface area contributed by atoms with E-state index in [9.17, 15) is 18.0 Å². The standard InChI is InChI=1S/C17H21NO8S/c1-6-27(21,22)18-16-14(25-10(2)19)15(20)17(3,26-16)13-11(23-4)8-7-9-12(13)24-5/h7-9,18H,6H2,1-5H3. The van der Waals surface area contributed by atoms with Crippen LogP contribution in [0.1, 0.15) is 26.3 Å². The number of ether oxygens (including phenoxy) is 4. The molecule has 1 atom stereocenters. The molecule has 1 N–H and O–H groups in total. The average molecular weight is 399 g/mol. The van der Waals surface area contributed by atoms with Crippen LogP contribution < -0.4 is 14.2 Å². The Morgan fingerprint density at radius 1 is 1.22 bits per heavy atom. The molecule has 0 aliphatic carbocycles. The van der Waals surface area contributed by atoms with Crippen molar-refractivity contribution < 1.29 is 37.0 Å². The van der Waals surface area contributed by atoms with Gasteiger partial charge < -0.3 is 18.9 Å². The number of carbonyl (C=O) groups excluding carboxylic acids is 2. The first-order chi connectivity index (χ1) is 12.6. The largest absolute Gasteiger partial charge is 0.496 e. The first kappa shape index (κ1) is 20.6. The van der Waals surface area contributed by atoms with Crippen molar-refractivity contribution in [3.05, 3.63) is 35.4 Å². The van der Waals surface area contributed by atoms with E-state index in [1.54, 1.807) is 18.2 Å². The molecule has 0 spiro atoms. The van der Waals surface area contributed by atoms with Crippen LogP contribution in [-0.4, -0.2) is 40.1 Å². The summed E-state index contributed by atoms with van der Waals surface area (Å²) in [4.78, 5) is 24.5. The minimum atomic E-state index is -3.80. The van der Waals surface area contributed by atoms with Crippen molar-refractivity contribution in [2.45, 2.75) is 26.4 Å². The second-order valence-electron chi connectivity index (χ2n) is 5.76. The molecule has 0 radical (unpaired) electrons. The van der Waals surface area contributed by atoms with E-state index in [-0.39, 0.29) is 22.8 Å². The lowest BCUT2D eigenvalue weighted by atomic mass is 9.90. The Labute approximate surface area is 157 Å². The summed E-state index contributed by atoms with van der Waals surface area (Å²) in [6.07, 6.45) is 0. The van der Waals surface area contributed by atoms with Crippen LogP contribution >= 0.6 is 0 Å². The number of hydrogen-bond acceptors (Lipinski definition) is 8. The number of benzene rings is 1. The molecular weight excluding hydrogens is 378 g/mol. The highest BCUT2D eigenvalue weighted by molar-refractivity contribution is 7.89. The van der Waals surface area contributed by atoms with Crippen LogP contribution in [0.4, 0.5) is 0 Å². The number of hydrogen-bond donors (Lipinski definition) is 1. The molecule has 1 unspecified atom stereocenters. The zero-order chi connectivity index (χ0) is 20.4. The van der Waals surface area contributed by atoms with Crippen LogP contribution in [0.3, 0.4) is 0 Å². The summed E-state index contributed by atoms with van der Waals surface area (Å²) in [5.74, 6) is -2.25. The maximum atomic E-state index is 13.1. The van der Waals surface area contributed by atoms with Crippen molar-refractivity contribution in [1.82, 2.24) is 4.72 Å². The first-order valence-corrected chi connectivity index (χ1v) is 9.63. The molecule has 0 aromatic heterocycles. The zero-order valence-electron chi connectivity index (χ0n) is 15.6. The van der Waals surface area contributed by atoms with E-state index in [0.29, 0.717) is 0 Å². The Morgan fingerprint density at radius 3 is 2.22 bits per heavy atom. The van der Waals surface area contributed by atoms with Crippen LogP contribution in [0.2, 0.25) is 0 Å². The number of rotatable bonds is 7. The fraction of sp³-hybridized carbons (Fsp3) is 0.412. The monoisotopic (exact) mass is 399 g/mol. The molecule has 1 aromatic rings. The molecule has 0 saturated heterocycles. The second kappa shape index (κ2) is 7.47. The third kappa shape index (κ3) is 3.85. The Balaban J connectivity index is 2.62. The molecule has 2 rings (SSSR count). The SMILES string of the molecule is CCS(=O)(=O)NC1=C(OC(C)=O)C(=O)C(C)(c2c(OC)cccc2OC)O1. The van der Waals surface area contributed by atoms with Gasteiger partial charge in [0, 0.05) is 6.92 Å². The van der Waals surface area contributed by atoms with E-state index < -0.39 is 39.0 Å². The summed E-state index contributed by atoms with van der Waals surface area (Å²) in [6.45, 7) is 3.91. The van der Waals surface area contributed by atoms with E-state index in [2.05, 4.69) is 4.72 Å². The topological polar surface area (TPSA) is 117 Å². The fourth-order valence-corrected chi connectivity index (χ4v) is 3.18. The van der Waals surface area contributed by atoms with E-state index in [4.69, 9.17) is 18.9 Å². The van der Waals surface area contributed by atoms with E-state index in [1.807, 2.05) is 0 Å². The van der Waals surface area contributed by atoms with Crippen molar-refractivity contribution in [3.63, 3.8) is 0 Å². The summed E-state index contributed by atoms with van der Waals surface area (Å²) in [5.41, 5.74) is -1.51. The van der Waals surface area contributed by atoms with Gasteiger partial charge in [-0.15, -0.1) is 0 Å². The first-order valence-electron chi connectivity index (χ1n) is 7.98. The summed E-state index contributed by atoms with van der Waals surface area (Å²) < 4.78 is 47.3. The highest BCUT2D eigenvalue weighted by Gasteiger charge is 2.53. The highest BCUT2D eigenvalue weighted by atomic mass is 32.2. The van der Waals surface area contributed by atoms with Gasteiger partial charge in [-0.25, -0.2) is 8.42 Å². The van der Waals surface area contributed by atoms with Gasteiger partial charge in [0.05, 0.1) is 25.5 Å². The van der Waals surface area contributed by atoms with E-state index >= 15 is 0 Å². The van der Waals surface area contributed by atoms with Gasteiger partial charge in [0.25, 0.3) is 5.78 Å². The van der Waals surface area contributed by atoms with Gasteiger partial charge in [-0.3, -0.25) is 14.3 Å². The molecule has 1 aliphatic heterocycles. The number of sulfonamides is 1. The quantitative estimate of drug-likeness (QED) is 0.680. The minimum absolute atomic E-state index is 0.232. The van der Waals surface area contributed by atoms with Gasteiger partial charge in [0.2, 0.25) is 27.3 Å². The molecule has 0 amide bonds. The number of ketones is 1. The molecule has 0 saturated carbocycles. The Morgan fingerprint density at radius 2 is 1.78 bits per heavy atom. The number of esters is 1. The summed E-state index contributed by atoms with van der Waals surface area (Å²) in [6, 6.07) is 4.85. The van der Waals surface area contributed by atoms with Gasteiger partial charge in [-0.2, -0.15) is 0 Å². The molecule has 9 nitrogen and oxygen atoms in total. The maximum absolute atomic E-state index is 13.1. The lowest BCUT2D eigenvalue weighted by molar-refractivity contribution is -0.142. The smallest absolute Gasteiger partial charge is 0.308 e. The van der Waals surface area contributed by atoms with Gasteiger partial charge in [0.15, 0.2) is 0 Å². The van der Waals surface area contributed by atoms with Gasteiger partial charge >= 0.3 is 5.97 Å². The fourth-order valence-electron chi connectivity index (χ4n) is 2.62. The molecule has 10 heteroatoms. The predicted octanol–water partition coefficient (Wildman–Crippen LogP) is 1.19. The van der Waals surface area contributed by atoms with Crippen molar-refractivity contribution in [1.29, 1.82) is 0 Å². The van der Waals surface area contributed by atoms with E-state index in [0.717, 1.165) is 6.92 Å². The summed E-state index contributed by atoms with van der Waals surface area (Å²) in [7, 11) is -0.988. The van der Waals surface area contributed by atoms with Crippen molar-refractivity contribution in [2.75, 3.05) is 20.0 Å². The third-order valence-corrected chi connectivity index (χ3v) is 5.19. The normalized spacial score (nSPS) is 19.5. The Hall–Kier alpha value is -2.75. The number of nitrogens with one attached hydrogen (secondary N) is 1. The van der Waals surface area contributed by atoms with Gasteiger partial charge in [-0.05, 0) is 26.0 Å². The zero-order valence-corrected chi connectivity index (χ0v) is 16.4. The molecular formula is C17H21NO8S. The molecule has 1 aliphatic rings. The molecule has 0 fully saturated rings. The second-order valence-corrected chi connectivity index (χ2v) is 7.77. The Kier molecular flexibility index (Phi) is 5.69. The lowest BCUT2D eigenvalue weighted by Gasteiger charge is -2.27. The maximum Gasteiger partial charge on any atom is 0.308 e. The molecule has 27 heavy (non-hydrogen) atoms. The van der Waals surface area contributed by atoms with Crippen LogP contribution in [0.25, 0.3) is 0 Å². The minimum Gasteiger partial charge on any atom is -0.496 e. The van der Waals surface area contributed by atoms with Gasteiger partial charge in [-0.1, -0.05) is 6.07 Å². The molecule has 148 valence electrons. The number of methoxy groups -OCH3 is 2. The predicted molar refractivity (Wildman–Crippen MR) is 94.4 cm³/mol. The molecule has 1 aromatic carbocycles. The van der Waals surface area contributed by atoms with Crippen molar-refractivity contribution in [2.24, 2.45) is 0 Å². The van der Waals surface area contributed by atoms with Crippen LogP contribution in [0.5, 0.6) is 11.5 Å². The molecule has 1 heterocycles. The van der Waals surface area contributed by atoms with Crippen molar-refractivity contribution >= 4 is 21.8 Å². The average Bonchev–Trinajstić information content (AvgIpc) is 2.85. The Bertz CT molecular complexity index is 883. The highest BCUT2D eigenvalue weighted by Crippen LogP contribution is 2.46. The van der Waals surface area contributed by atoms with Crippen LogP contribution in [-0.2, 0) is 34.7 Å². The number of carbonyl (C=O) groups is 2. The molecule has 0 bridgehead atoms. The van der Waals surface area contributed by atoms with Crippen LogP contribution in [0, 0.1) is 0 Å². The third-order valence-electron chi connectivity index (χ3n) is 3.93. The lowest BCUT2D eigenvalue weighted by Crippen LogP contribution is -2.33. The summed E-state index contributed by atoms with van der Waals surface area (Å²) in [5, 5.41) is 0. The number of Topliss-reactive ketones (excluding diaryl/α,β-unsaturated/α-hetero) is 1.